The summed E-state index contributed by atoms with van der Waals surface area (Å²) < 4.78 is 26.0. The molecule has 0 saturated carbocycles. The fourth-order valence-corrected chi connectivity index (χ4v) is 11.0. The average Bonchev–Trinajstić information content (AvgIpc) is 3.21. The van der Waals surface area contributed by atoms with E-state index in [0.29, 0.717) is 44.0 Å². The average molecular weight is 974 g/mol. The lowest BCUT2D eigenvalue weighted by molar-refractivity contribution is -0.226. The maximum atomic E-state index is 14.1. The number of likely N-dealkylation sites (N-methyl/N-ethyl adjacent to an activating group) is 1. The molecular formula is C47H81BrN4O10S. The Balaban J connectivity index is 1.80. The third-order valence-electron chi connectivity index (χ3n) is 15.2. The third-order valence-corrected chi connectivity index (χ3v) is 15.9. The second kappa shape index (κ2) is 22.5. The fourth-order valence-electron chi connectivity index (χ4n) is 10.5. The van der Waals surface area contributed by atoms with E-state index < -0.39 is 83.4 Å². The number of hydrogen-bond donors (Lipinski definition) is 7. The van der Waals surface area contributed by atoms with Gasteiger partial charge in [0.05, 0.1) is 47.6 Å². The second-order valence-electron chi connectivity index (χ2n) is 20.2. The van der Waals surface area contributed by atoms with Gasteiger partial charge in [-0.3, -0.25) is 9.69 Å². The van der Waals surface area contributed by atoms with Crippen molar-refractivity contribution < 1.29 is 49.3 Å². The van der Waals surface area contributed by atoms with E-state index in [1.807, 2.05) is 77.9 Å². The molecule has 0 radical (unpaired) electrons. The molecule has 0 amide bonds. The molecule has 1 aromatic rings. The van der Waals surface area contributed by atoms with Gasteiger partial charge in [0.25, 0.3) is 0 Å². The Morgan fingerprint density at radius 1 is 0.968 bits per heavy atom. The van der Waals surface area contributed by atoms with Crippen LogP contribution in [0.4, 0.5) is 5.69 Å². The van der Waals surface area contributed by atoms with E-state index in [4.69, 9.17) is 31.2 Å². The monoisotopic (exact) mass is 972 g/mol. The smallest absolute Gasteiger partial charge is 0.309 e. The molecule has 0 spiro atoms. The molecule has 3 fully saturated rings. The number of cyclic esters (lactones) is 1. The zero-order valence-corrected chi connectivity index (χ0v) is 42.5. The number of benzene rings is 1. The van der Waals surface area contributed by atoms with E-state index in [9.17, 15) is 30.3 Å². The number of nitrogens with one attached hydrogen (secondary N) is 2. The van der Waals surface area contributed by atoms with Crippen LogP contribution in [0.2, 0.25) is 0 Å². The molecule has 16 heteroatoms. The minimum atomic E-state index is -1.82. The minimum Gasteiger partial charge on any atom is -0.459 e. The van der Waals surface area contributed by atoms with Crippen molar-refractivity contribution in [1.82, 2.24) is 15.1 Å². The van der Waals surface area contributed by atoms with E-state index in [2.05, 4.69) is 45.3 Å². The van der Waals surface area contributed by atoms with Crippen LogP contribution in [0.5, 0.6) is 0 Å². The quantitative estimate of drug-likeness (QED) is 0.123. The summed E-state index contributed by atoms with van der Waals surface area (Å²) in [6.45, 7) is 19.8. The van der Waals surface area contributed by atoms with Crippen LogP contribution in [0.15, 0.2) is 28.7 Å². The topological polar surface area (TPSA) is 186 Å². The predicted molar refractivity (Wildman–Crippen MR) is 253 cm³/mol. The number of carbonyl (C=O) groups is 1. The first-order valence-electron chi connectivity index (χ1n) is 23.0. The van der Waals surface area contributed by atoms with Crippen molar-refractivity contribution in [3.05, 3.63) is 28.7 Å². The number of aliphatic hydroxyl groups excluding tert-OH is 3. The summed E-state index contributed by atoms with van der Waals surface area (Å²) >= 11 is 9.10. The molecule has 3 aliphatic heterocycles. The summed E-state index contributed by atoms with van der Waals surface area (Å²) in [4.78, 5) is 18.2. The molecule has 362 valence electrons. The van der Waals surface area contributed by atoms with Gasteiger partial charge >= 0.3 is 5.97 Å². The Morgan fingerprint density at radius 3 is 2.21 bits per heavy atom. The van der Waals surface area contributed by atoms with Crippen molar-refractivity contribution in [2.75, 3.05) is 46.2 Å². The standard InChI is InChI=1S/C47H81BrN4O10S/c1-26-22-47(58,24-39-40(53)38(51(11)12)20-27(2)60-39)37(21-36-23-45(9,59-13)42(55)32(7)61-36)29(4)28(3)30(5)43(56)62-33(8)46(10,57)41(54)31(6)52(25-26)19-18-49-44(63)50-35-16-14-34(48)15-17-35/h14-17,26-33,36-42,53-55,57-58H,18-25H2,1-13H3,(H2,49,50,63)/t26-,27+,28+,29+,30+,31+,32-,33?,36+,37-,38-,39-,40-,41+,42+,45?,46?,47?/m0/s1. The molecule has 3 heterocycles. The van der Waals surface area contributed by atoms with E-state index >= 15 is 0 Å². The molecular weight excluding hydrogens is 893 g/mol. The zero-order chi connectivity index (χ0) is 47.4. The van der Waals surface area contributed by atoms with Gasteiger partial charge in [-0.25, -0.2) is 0 Å². The van der Waals surface area contributed by atoms with Crippen LogP contribution in [0, 0.1) is 29.6 Å². The number of hydrogen-bond acceptors (Lipinski definition) is 13. The van der Waals surface area contributed by atoms with Gasteiger partial charge < -0.3 is 60.0 Å². The van der Waals surface area contributed by atoms with Gasteiger partial charge in [0.2, 0.25) is 0 Å². The Hall–Kier alpha value is -1.54. The van der Waals surface area contributed by atoms with Gasteiger partial charge in [0.1, 0.15) is 23.9 Å². The van der Waals surface area contributed by atoms with Crippen LogP contribution in [0.25, 0.3) is 0 Å². The van der Waals surface area contributed by atoms with Crippen molar-refractivity contribution >= 4 is 44.9 Å². The predicted octanol–water partition coefficient (Wildman–Crippen LogP) is 4.96. The minimum absolute atomic E-state index is 0.113. The largest absolute Gasteiger partial charge is 0.459 e. The maximum absolute atomic E-state index is 14.1. The van der Waals surface area contributed by atoms with Crippen LogP contribution in [0.3, 0.4) is 0 Å². The maximum Gasteiger partial charge on any atom is 0.309 e. The molecule has 1 aromatic carbocycles. The van der Waals surface area contributed by atoms with Gasteiger partial charge in [0.15, 0.2) is 5.11 Å². The number of aliphatic hydroxyl groups is 5. The van der Waals surface area contributed by atoms with Crippen molar-refractivity contribution in [1.29, 1.82) is 0 Å². The number of carbonyl (C=O) groups excluding carboxylic acids is 1. The van der Waals surface area contributed by atoms with Gasteiger partial charge in [-0.15, -0.1) is 0 Å². The SMILES string of the molecule is COC1(C)C[C@@H](C[C@H]2[C@H](C)[C@@H](C)[C@@H](C)C(=O)OC(C)C(C)(O)[C@H](O)[C@@H](C)N(CCNC(=S)Nc3ccc(Br)cc3)C[C@@H](C)CC2(O)C[C@@H]2O[C@H](C)C[C@H](N(C)C)[C@@H]2O)O[C@@H](C)[C@H]1O. The van der Waals surface area contributed by atoms with Crippen LogP contribution in [-0.4, -0.2) is 165 Å². The van der Waals surface area contributed by atoms with Crippen LogP contribution >= 0.6 is 28.1 Å². The van der Waals surface area contributed by atoms with E-state index in [1.165, 1.54) is 6.92 Å². The van der Waals surface area contributed by atoms with Crippen LogP contribution < -0.4 is 10.6 Å². The second-order valence-corrected chi connectivity index (χ2v) is 21.5. The summed E-state index contributed by atoms with van der Waals surface area (Å²) in [7, 11) is 5.48. The lowest BCUT2D eigenvalue weighted by atomic mass is 9.63. The number of methoxy groups -OCH3 is 1. The molecule has 7 N–H and O–H groups in total. The summed E-state index contributed by atoms with van der Waals surface area (Å²) in [5.74, 6) is -2.53. The molecule has 0 aliphatic carbocycles. The number of ether oxygens (including phenoxy) is 4. The number of rotatable bonds is 10. The summed E-state index contributed by atoms with van der Waals surface area (Å²) in [5.41, 5.74) is -3.38. The normalized spacial score (nSPS) is 42.8. The highest BCUT2D eigenvalue weighted by atomic mass is 79.9. The Kier molecular flexibility index (Phi) is 19.3. The third kappa shape index (κ3) is 13.3. The fraction of sp³-hybridized carbons (Fsp3) is 0.830. The summed E-state index contributed by atoms with van der Waals surface area (Å²) in [6, 6.07) is 6.83. The number of esters is 1. The lowest BCUT2D eigenvalue weighted by Crippen LogP contribution is -2.60. The highest BCUT2D eigenvalue weighted by Crippen LogP contribution is 2.47. The number of nitrogens with zero attached hydrogens (tertiary/aromatic N) is 2. The highest BCUT2D eigenvalue weighted by Gasteiger charge is 2.53. The molecule has 3 aliphatic rings. The van der Waals surface area contributed by atoms with Crippen molar-refractivity contribution in [2.45, 2.75) is 179 Å². The molecule has 63 heavy (non-hydrogen) atoms. The molecule has 0 bridgehead atoms. The first-order valence-corrected chi connectivity index (χ1v) is 24.2. The first-order chi connectivity index (χ1) is 29.2. The molecule has 18 atom stereocenters. The van der Waals surface area contributed by atoms with Crippen molar-refractivity contribution in [3.63, 3.8) is 0 Å². The highest BCUT2D eigenvalue weighted by molar-refractivity contribution is 9.10. The number of halogens is 1. The molecule has 3 saturated heterocycles. The van der Waals surface area contributed by atoms with Gasteiger partial charge in [-0.2, -0.15) is 0 Å². The number of anilines is 1. The summed E-state index contributed by atoms with van der Waals surface area (Å²) in [5, 5.41) is 67.7. The van der Waals surface area contributed by atoms with Gasteiger partial charge in [-0.05, 0) is 135 Å². The zero-order valence-electron chi connectivity index (χ0n) is 40.1. The van der Waals surface area contributed by atoms with Crippen LogP contribution in [0.1, 0.15) is 101 Å². The lowest BCUT2D eigenvalue weighted by Gasteiger charge is -2.51. The molecule has 14 nitrogen and oxygen atoms in total. The molecule has 4 rings (SSSR count). The van der Waals surface area contributed by atoms with E-state index in [-0.39, 0.29) is 42.7 Å². The van der Waals surface area contributed by atoms with Crippen molar-refractivity contribution in [3.8, 4) is 0 Å². The Morgan fingerprint density at radius 2 is 1.60 bits per heavy atom. The Bertz CT molecular complexity index is 1630. The van der Waals surface area contributed by atoms with Crippen molar-refractivity contribution in [2.24, 2.45) is 29.6 Å². The molecule has 4 unspecified atom stereocenters. The number of thiocarbonyl (C=S) groups is 1. The first kappa shape index (κ1) is 54.1. The van der Waals surface area contributed by atoms with E-state index in [0.717, 1.165) is 10.2 Å². The van der Waals surface area contributed by atoms with Gasteiger partial charge in [-0.1, -0.05) is 43.6 Å². The van der Waals surface area contributed by atoms with Gasteiger partial charge in [0, 0.05) is 61.8 Å². The Labute approximate surface area is 391 Å². The van der Waals surface area contributed by atoms with E-state index in [1.54, 1.807) is 21.0 Å². The van der Waals surface area contributed by atoms with Crippen LogP contribution in [-0.2, 0) is 23.7 Å². The molecule has 0 aromatic heterocycles. The summed E-state index contributed by atoms with van der Waals surface area (Å²) in [6.07, 6.45) is -4.22.